The Morgan fingerprint density at radius 3 is 2.48 bits per heavy atom. The third-order valence-electron chi connectivity index (χ3n) is 2.75. The number of rotatable bonds is 5. The van der Waals surface area contributed by atoms with Crippen molar-refractivity contribution in [3.63, 3.8) is 0 Å². The van der Waals surface area contributed by atoms with Crippen LogP contribution < -0.4 is 14.2 Å². The van der Waals surface area contributed by atoms with E-state index in [2.05, 4.69) is 9.97 Å². The minimum absolute atomic E-state index is 0.00979. The highest BCUT2D eigenvalue weighted by Crippen LogP contribution is 2.23. The van der Waals surface area contributed by atoms with E-state index >= 15 is 0 Å². The molecule has 0 bridgehead atoms. The molecule has 1 aromatic carbocycles. The zero-order valence-electron chi connectivity index (χ0n) is 11.7. The van der Waals surface area contributed by atoms with Crippen LogP contribution in [0.25, 0.3) is 0 Å². The van der Waals surface area contributed by atoms with Crippen molar-refractivity contribution in [1.29, 1.82) is 0 Å². The number of benzene rings is 1. The van der Waals surface area contributed by atoms with E-state index in [9.17, 15) is 9.18 Å². The number of halogens is 1. The van der Waals surface area contributed by atoms with Crippen molar-refractivity contribution in [2.45, 2.75) is 0 Å². The molecular weight excluding hydrogens is 279 g/mol. The highest BCUT2D eigenvalue weighted by molar-refractivity contribution is 6.09. The largest absolute Gasteiger partial charge is 0.494 e. The molecule has 0 saturated heterocycles. The number of nitrogens with zero attached hydrogens (tertiary/aromatic N) is 2. The third kappa shape index (κ3) is 2.91. The Balaban J connectivity index is 2.42. The second-order valence-corrected chi connectivity index (χ2v) is 3.95. The SMILES string of the molecule is COc1cnc(C(=O)c2ccc(OC)c(F)c2)c(OC)n1. The van der Waals surface area contributed by atoms with Gasteiger partial charge in [-0.2, -0.15) is 4.98 Å². The van der Waals surface area contributed by atoms with Crippen LogP contribution >= 0.6 is 0 Å². The number of hydrogen-bond acceptors (Lipinski definition) is 6. The van der Waals surface area contributed by atoms with Crippen LogP contribution in [0, 0.1) is 5.82 Å². The maximum Gasteiger partial charge on any atom is 0.247 e. The van der Waals surface area contributed by atoms with E-state index in [1.54, 1.807) is 0 Å². The number of ether oxygens (including phenoxy) is 3. The lowest BCUT2D eigenvalue weighted by Gasteiger charge is -2.08. The minimum Gasteiger partial charge on any atom is -0.494 e. The molecule has 2 rings (SSSR count). The van der Waals surface area contributed by atoms with Gasteiger partial charge >= 0.3 is 0 Å². The first-order chi connectivity index (χ1) is 10.1. The summed E-state index contributed by atoms with van der Waals surface area (Å²) in [6, 6.07) is 3.88. The fraction of sp³-hybridized carbons (Fsp3) is 0.214. The molecule has 0 atom stereocenters. The molecule has 0 N–H and O–H groups in total. The Labute approximate surface area is 120 Å². The second-order valence-electron chi connectivity index (χ2n) is 3.95. The molecule has 6 nitrogen and oxygen atoms in total. The van der Waals surface area contributed by atoms with E-state index in [-0.39, 0.29) is 28.8 Å². The van der Waals surface area contributed by atoms with Crippen LogP contribution in [-0.2, 0) is 0 Å². The summed E-state index contributed by atoms with van der Waals surface area (Å²) in [5.74, 6) is -0.869. The molecule has 1 aromatic heterocycles. The molecule has 0 radical (unpaired) electrons. The number of aromatic nitrogens is 2. The summed E-state index contributed by atoms with van der Waals surface area (Å²) >= 11 is 0. The standard InChI is InChI=1S/C14H13FN2O4/c1-19-10-5-4-8(6-9(10)15)13(18)12-14(21-3)17-11(20-2)7-16-12/h4-7H,1-3H3. The van der Waals surface area contributed by atoms with Gasteiger partial charge in [-0.1, -0.05) is 0 Å². The minimum atomic E-state index is -0.635. The first-order valence-corrected chi connectivity index (χ1v) is 5.94. The predicted molar refractivity (Wildman–Crippen MR) is 71.5 cm³/mol. The number of hydrogen-bond donors (Lipinski definition) is 0. The van der Waals surface area contributed by atoms with Gasteiger partial charge in [0, 0.05) is 5.56 Å². The molecule has 0 spiro atoms. The van der Waals surface area contributed by atoms with Crippen molar-refractivity contribution in [3.8, 4) is 17.5 Å². The van der Waals surface area contributed by atoms with Gasteiger partial charge in [0.15, 0.2) is 17.3 Å². The molecule has 0 aliphatic rings. The average molecular weight is 292 g/mol. The Hall–Kier alpha value is -2.70. The van der Waals surface area contributed by atoms with Crippen molar-refractivity contribution in [2.75, 3.05) is 21.3 Å². The lowest BCUT2D eigenvalue weighted by atomic mass is 10.1. The van der Waals surface area contributed by atoms with Crippen LogP contribution in [-0.4, -0.2) is 37.1 Å². The van der Waals surface area contributed by atoms with Crippen LogP contribution in [0.3, 0.4) is 0 Å². The van der Waals surface area contributed by atoms with Crippen molar-refractivity contribution in [3.05, 3.63) is 41.5 Å². The summed E-state index contributed by atoms with van der Waals surface area (Å²) in [7, 11) is 4.12. The molecule has 1 heterocycles. The molecule has 0 unspecified atom stereocenters. The molecule has 0 fully saturated rings. The molecule has 21 heavy (non-hydrogen) atoms. The Kier molecular flexibility index (Phi) is 4.32. The first-order valence-electron chi connectivity index (χ1n) is 5.94. The lowest BCUT2D eigenvalue weighted by molar-refractivity contribution is 0.102. The Bertz CT molecular complexity index is 676. The summed E-state index contributed by atoms with van der Waals surface area (Å²) in [5, 5.41) is 0. The number of ketones is 1. The quantitative estimate of drug-likeness (QED) is 0.784. The topological polar surface area (TPSA) is 70.5 Å². The van der Waals surface area contributed by atoms with E-state index in [1.807, 2.05) is 0 Å². The van der Waals surface area contributed by atoms with Gasteiger partial charge in [0.2, 0.25) is 17.5 Å². The van der Waals surface area contributed by atoms with E-state index in [1.165, 1.54) is 39.7 Å². The molecule has 7 heteroatoms. The normalized spacial score (nSPS) is 10.1. The van der Waals surface area contributed by atoms with Gasteiger partial charge in [-0.15, -0.1) is 0 Å². The van der Waals surface area contributed by atoms with Gasteiger partial charge in [0.1, 0.15) is 0 Å². The van der Waals surface area contributed by atoms with Gasteiger partial charge in [-0.05, 0) is 18.2 Å². The van der Waals surface area contributed by atoms with Crippen LogP contribution in [0.2, 0.25) is 0 Å². The van der Waals surface area contributed by atoms with Crippen LogP contribution in [0.15, 0.2) is 24.4 Å². The number of carbonyl (C=O) groups excluding carboxylic acids is 1. The summed E-state index contributed by atoms with van der Waals surface area (Å²) in [6.07, 6.45) is 1.29. The lowest BCUT2D eigenvalue weighted by Crippen LogP contribution is -2.09. The van der Waals surface area contributed by atoms with Gasteiger partial charge in [0.05, 0.1) is 27.5 Å². The van der Waals surface area contributed by atoms with Crippen molar-refractivity contribution in [1.82, 2.24) is 9.97 Å². The molecule has 0 amide bonds. The summed E-state index contributed by atoms with van der Waals surface area (Å²) in [6.45, 7) is 0. The molecule has 0 aliphatic carbocycles. The number of carbonyl (C=O) groups is 1. The Morgan fingerprint density at radius 2 is 1.90 bits per heavy atom. The first kappa shape index (κ1) is 14.7. The zero-order valence-corrected chi connectivity index (χ0v) is 11.7. The monoisotopic (exact) mass is 292 g/mol. The van der Waals surface area contributed by atoms with E-state index in [0.29, 0.717) is 0 Å². The van der Waals surface area contributed by atoms with Crippen LogP contribution in [0.4, 0.5) is 4.39 Å². The summed E-state index contributed by atoms with van der Waals surface area (Å²) in [4.78, 5) is 20.3. The van der Waals surface area contributed by atoms with Gasteiger partial charge in [-0.25, -0.2) is 9.37 Å². The van der Waals surface area contributed by atoms with Crippen molar-refractivity contribution in [2.24, 2.45) is 0 Å². The maximum atomic E-state index is 13.7. The highest BCUT2D eigenvalue weighted by atomic mass is 19.1. The molecule has 0 saturated carbocycles. The molecular formula is C14H13FN2O4. The van der Waals surface area contributed by atoms with Gasteiger partial charge < -0.3 is 14.2 Å². The zero-order chi connectivity index (χ0) is 15.4. The number of methoxy groups -OCH3 is 3. The fourth-order valence-electron chi connectivity index (χ4n) is 1.70. The maximum absolute atomic E-state index is 13.7. The summed E-state index contributed by atoms with van der Waals surface area (Å²) < 4.78 is 28.4. The van der Waals surface area contributed by atoms with Crippen molar-refractivity contribution < 1.29 is 23.4 Å². The van der Waals surface area contributed by atoms with Gasteiger partial charge in [0.25, 0.3) is 0 Å². The molecule has 2 aromatic rings. The molecule has 0 aliphatic heterocycles. The third-order valence-corrected chi connectivity index (χ3v) is 2.75. The average Bonchev–Trinajstić information content (AvgIpc) is 2.53. The van der Waals surface area contributed by atoms with Gasteiger partial charge in [-0.3, -0.25) is 4.79 Å². The summed E-state index contributed by atoms with van der Waals surface area (Å²) in [5.41, 5.74) is 0.0916. The molecule has 110 valence electrons. The van der Waals surface area contributed by atoms with Crippen LogP contribution in [0.5, 0.6) is 17.5 Å². The van der Waals surface area contributed by atoms with E-state index in [0.717, 1.165) is 6.07 Å². The second kappa shape index (κ2) is 6.17. The fourth-order valence-corrected chi connectivity index (χ4v) is 1.70. The van der Waals surface area contributed by atoms with E-state index < -0.39 is 11.6 Å². The van der Waals surface area contributed by atoms with Crippen LogP contribution in [0.1, 0.15) is 16.1 Å². The van der Waals surface area contributed by atoms with E-state index in [4.69, 9.17) is 14.2 Å². The van der Waals surface area contributed by atoms with Crippen molar-refractivity contribution >= 4 is 5.78 Å². The smallest absolute Gasteiger partial charge is 0.247 e. The predicted octanol–water partition coefficient (Wildman–Crippen LogP) is 1.87. The Morgan fingerprint density at radius 1 is 1.14 bits per heavy atom. The highest BCUT2D eigenvalue weighted by Gasteiger charge is 2.20.